The standard InChI is InChI=1S/C16H25NO3.C2H6/c1-5-8-13-9-6-7-10-14(13)15(18)12(4)20-16(19)17-11(2)3;1-2/h6-7,9-12,15,18H,5,8H2,1-4H3,(H,17,19);1-2H3. The van der Waals surface area contributed by atoms with Crippen LogP contribution in [0.5, 0.6) is 0 Å². The lowest BCUT2D eigenvalue weighted by molar-refractivity contribution is 0.0107. The van der Waals surface area contributed by atoms with E-state index in [0.29, 0.717) is 0 Å². The number of hydrogen-bond donors (Lipinski definition) is 2. The zero-order chi connectivity index (χ0) is 17.1. The van der Waals surface area contributed by atoms with Gasteiger partial charge >= 0.3 is 6.09 Å². The molecular weight excluding hydrogens is 278 g/mol. The molecule has 0 aliphatic carbocycles. The van der Waals surface area contributed by atoms with E-state index in [2.05, 4.69) is 12.2 Å². The molecule has 4 heteroatoms. The normalized spacial score (nSPS) is 12.9. The molecule has 0 aromatic heterocycles. The van der Waals surface area contributed by atoms with Gasteiger partial charge in [-0.05, 0) is 38.3 Å². The molecule has 0 saturated heterocycles. The largest absolute Gasteiger partial charge is 0.443 e. The molecule has 1 amide bonds. The number of ether oxygens (including phenoxy) is 1. The van der Waals surface area contributed by atoms with E-state index in [4.69, 9.17) is 4.74 Å². The lowest BCUT2D eigenvalue weighted by atomic mass is 9.96. The first-order chi connectivity index (χ1) is 10.5. The fourth-order valence-corrected chi connectivity index (χ4v) is 2.08. The van der Waals surface area contributed by atoms with Crippen LogP contribution >= 0.6 is 0 Å². The summed E-state index contributed by atoms with van der Waals surface area (Å²) >= 11 is 0. The fourth-order valence-electron chi connectivity index (χ4n) is 2.08. The number of alkyl carbamates (subject to hydrolysis) is 1. The van der Waals surface area contributed by atoms with Gasteiger partial charge in [0.2, 0.25) is 0 Å². The van der Waals surface area contributed by atoms with Gasteiger partial charge in [-0.1, -0.05) is 51.5 Å². The number of aryl methyl sites for hydroxylation is 1. The highest BCUT2D eigenvalue weighted by Gasteiger charge is 2.22. The van der Waals surface area contributed by atoms with Crippen molar-refractivity contribution in [3.63, 3.8) is 0 Å². The number of carbonyl (C=O) groups excluding carboxylic acids is 1. The van der Waals surface area contributed by atoms with Crippen LogP contribution in [0.3, 0.4) is 0 Å². The molecule has 22 heavy (non-hydrogen) atoms. The monoisotopic (exact) mass is 309 g/mol. The number of amides is 1. The maximum Gasteiger partial charge on any atom is 0.407 e. The summed E-state index contributed by atoms with van der Waals surface area (Å²) in [7, 11) is 0. The summed E-state index contributed by atoms with van der Waals surface area (Å²) in [5.74, 6) is 0. The SMILES string of the molecule is CC.CCCc1ccccc1C(O)C(C)OC(=O)NC(C)C. The van der Waals surface area contributed by atoms with Crippen LogP contribution in [0.15, 0.2) is 24.3 Å². The molecule has 126 valence electrons. The lowest BCUT2D eigenvalue weighted by Crippen LogP contribution is -2.34. The Morgan fingerprint density at radius 3 is 2.36 bits per heavy atom. The van der Waals surface area contributed by atoms with Crippen LogP contribution in [-0.4, -0.2) is 23.3 Å². The van der Waals surface area contributed by atoms with Gasteiger partial charge < -0.3 is 15.2 Å². The van der Waals surface area contributed by atoms with Crippen LogP contribution in [0.4, 0.5) is 4.79 Å². The molecular formula is C18H31NO3. The zero-order valence-electron chi connectivity index (χ0n) is 14.7. The number of benzene rings is 1. The topological polar surface area (TPSA) is 58.6 Å². The summed E-state index contributed by atoms with van der Waals surface area (Å²) in [6.07, 6.45) is 0.00671. The average molecular weight is 309 g/mol. The van der Waals surface area contributed by atoms with E-state index in [-0.39, 0.29) is 6.04 Å². The van der Waals surface area contributed by atoms with Crippen LogP contribution in [0.25, 0.3) is 0 Å². The Kier molecular flexibility index (Phi) is 10.3. The summed E-state index contributed by atoms with van der Waals surface area (Å²) in [5.41, 5.74) is 1.93. The molecule has 0 spiro atoms. The first-order valence-corrected chi connectivity index (χ1v) is 8.18. The molecule has 0 saturated carbocycles. The first-order valence-electron chi connectivity index (χ1n) is 8.18. The molecule has 1 rings (SSSR count). The number of carbonyl (C=O) groups is 1. The van der Waals surface area contributed by atoms with Crippen molar-refractivity contribution in [1.29, 1.82) is 0 Å². The summed E-state index contributed by atoms with van der Waals surface area (Å²) in [4.78, 5) is 11.6. The Hall–Kier alpha value is -1.55. The highest BCUT2D eigenvalue weighted by molar-refractivity contribution is 5.67. The lowest BCUT2D eigenvalue weighted by Gasteiger charge is -2.22. The second-order valence-electron chi connectivity index (χ2n) is 5.30. The minimum Gasteiger partial charge on any atom is -0.443 e. The van der Waals surface area contributed by atoms with Gasteiger partial charge in [-0.15, -0.1) is 0 Å². The van der Waals surface area contributed by atoms with Crippen LogP contribution in [0.1, 0.15) is 65.2 Å². The minimum absolute atomic E-state index is 0.0132. The number of aliphatic hydroxyl groups excluding tert-OH is 1. The maximum atomic E-state index is 11.6. The minimum atomic E-state index is -0.810. The second-order valence-corrected chi connectivity index (χ2v) is 5.30. The molecule has 0 fully saturated rings. The summed E-state index contributed by atoms with van der Waals surface area (Å²) in [6, 6.07) is 7.74. The van der Waals surface area contributed by atoms with Gasteiger partial charge in [0.1, 0.15) is 12.2 Å². The molecule has 0 radical (unpaired) electrons. The molecule has 0 heterocycles. The average Bonchev–Trinajstić information content (AvgIpc) is 2.48. The third-order valence-electron chi connectivity index (χ3n) is 3.04. The van der Waals surface area contributed by atoms with Gasteiger partial charge in [0.15, 0.2) is 0 Å². The van der Waals surface area contributed by atoms with Crippen LogP contribution in [0, 0.1) is 0 Å². The van der Waals surface area contributed by atoms with Gasteiger partial charge in [0.25, 0.3) is 0 Å². The summed E-state index contributed by atoms with van der Waals surface area (Å²) in [5, 5.41) is 13.0. The molecule has 1 aromatic rings. The zero-order valence-corrected chi connectivity index (χ0v) is 14.7. The van der Waals surface area contributed by atoms with Gasteiger partial charge in [0.05, 0.1) is 0 Å². The van der Waals surface area contributed by atoms with Gasteiger partial charge in [-0.2, -0.15) is 0 Å². The van der Waals surface area contributed by atoms with Crippen molar-refractivity contribution in [2.75, 3.05) is 0 Å². The molecule has 4 nitrogen and oxygen atoms in total. The van der Waals surface area contributed by atoms with Crippen molar-refractivity contribution in [2.24, 2.45) is 0 Å². The Labute approximate surface area is 134 Å². The van der Waals surface area contributed by atoms with Crippen molar-refractivity contribution in [3.8, 4) is 0 Å². The van der Waals surface area contributed by atoms with E-state index in [1.54, 1.807) is 6.92 Å². The van der Waals surface area contributed by atoms with E-state index in [1.165, 1.54) is 0 Å². The number of nitrogens with one attached hydrogen (secondary N) is 1. The molecule has 0 aliphatic heterocycles. The van der Waals surface area contributed by atoms with E-state index >= 15 is 0 Å². The third-order valence-corrected chi connectivity index (χ3v) is 3.04. The van der Waals surface area contributed by atoms with Crippen molar-refractivity contribution in [3.05, 3.63) is 35.4 Å². The molecule has 1 aromatic carbocycles. The first kappa shape index (κ1) is 20.5. The molecule has 2 atom stereocenters. The predicted octanol–water partition coefficient (Wildman–Crippen LogP) is 4.22. The highest BCUT2D eigenvalue weighted by Crippen LogP contribution is 2.23. The Balaban J connectivity index is 0.00000211. The quantitative estimate of drug-likeness (QED) is 0.827. The van der Waals surface area contributed by atoms with E-state index in [1.807, 2.05) is 52.0 Å². The number of aliphatic hydroxyl groups is 1. The predicted molar refractivity (Wildman–Crippen MR) is 91.0 cm³/mol. The van der Waals surface area contributed by atoms with Crippen molar-refractivity contribution in [1.82, 2.24) is 5.32 Å². The van der Waals surface area contributed by atoms with Crippen LogP contribution < -0.4 is 5.32 Å². The Bertz CT molecular complexity index is 432. The Morgan fingerprint density at radius 2 is 1.82 bits per heavy atom. The van der Waals surface area contributed by atoms with Gasteiger partial charge in [0, 0.05) is 6.04 Å². The summed E-state index contributed by atoms with van der Waals surface area (Å²) in [6.45, 7) is 11.5. The number of rotatable bonds is 6. The molecule has 0 aliphatic rings. The smallest absolute Gasteiger partial charge is 0.407 e. The van der Waals surface area contributed by atoms with E-state index < -0.39 is 18.3 Å². The van der Waals surface area contributed by atoms with Gasteiger partial charge in [-0.25, -0.2) is 4.79 Å². The van der Waals surface area contributed by atoms with Crippen molar-refractivity contribution < 1.29 is 14.6 Å². The third kappa shape index (κ3) is 6.94. The van der Waals surface area contributed by atoms with Crippen molar-refractivity contribution in [2.45, 2.75) is 72.6 Å². The molecule has 2 unspecified atom stereocenters. The second kappa shape index (κ2) is 11.1. The van der Waals surface area contributed by atoms with E-state index in [9.17, 15) is 9.90 Å². The molecule has 0 bridgehead atoms. The molecule has 2 N–H and O–H groups in total. The summed E-state index contributed by atoms with van der Waals surface area (Å²) < 4.78 is 5.21. The Morgan fingerprint density at radius 1 is 1.23 bits per heavy atom. The van der Waals surface area contributed by atoms with E-state index in [0.717, 1.165) is 24.0 Å². The van der Waals surface area contributed by atoms with Crippen molar-refractivity contribution >= 4 is 6.09 Å². The maximum absolute atomic E-state index is 11.6. The van der Waals surface area contributed by atoms with Gasteiger partial charge in [-0.3, -0.25) is 0 Å². The number of hydrogen-bond acceptors (Lipinski definition) is 3. The fraction of sp³-hybridized carbons (Fsp3) is 0.611. The highest BCUT2D eigenvalue weighted by atomic mass is 16.6. The van der Waals surface area contributed by atoms with Crippen LogP contribution in [-0.2, 0) is 11.2 Å². The van der Waals surface area contributed by atoms with Crippen LogP contribution in [0.2, 0.25) is 0 Å².